The van der Waals surface area contributed by atoms with Crippen molar-refractivity contribution in [1.29, 1.82) is 0 Å². The summed E-state index contributed by atoms with van der Waals surface area (Å²) in [6, 6.07) is 5.23. The number of ether oxygens (including phenoxy) is 2. The Kier molecular flexibility index (Phi) is 4.96. The third-order valence-corrected chi connectivity index (χ3v) is 7.92. The topological polar surface area (TPSA) is 68.6 Å². The number of nitrogens with one attached hydrogen (secondary N) is 1. The van der Waals surface area contributed by atoms with Crippen LogP contribution >= 0.6 is 0 Å². The number of amides is 1. The maximum atomic E-state index is 15.1. The molecule has 8 heteroatoms. The van der Waals surface area contributed by atoms with Crippen LogP contribution in [0.3, 0.4) is 0 Å². The number of hydrogen-bond acceptors (Lipinski definition) is 5. The summed E-state index contributed by atoms with van der Waals surface area (Å²) in [4.78, 5) is 14.3. The number of nitrogens with zero attached hydrogens (tertiary/aromatic N) is 3. The molecule has 0 radical (unpaired) electrons. The van der Waals surface area contributed by atoms with Crippen molar-refractivity contribution in [1.82, 2.24) is 20.0 Å². The van der Waals surface area contributed by atoms with Crippen LogP contribution in [0.15, 0.2) is 18.2 Å². The number of likely N-dealkylation sites (tertiary alicyclic amines) is 1. The van der Waals surface area contributed by atoms with Crippen LogP contribution in [0.2, 0.25) is 0 Å². The van der Waals surface area contributed by atoms with Gasteiger partial charge in [-0.3, -0.25) is 4.68 Å². The van der Waals surface area contributed by atoms with Gasteiger partial charge in [-0.25, -0.2) is 9.18 Å². The van der Waals surface area contributed by atoms with Gasteiger partial charge in [-0.2, -0.15) is 5.10 Å². The second-order valence-electron chi connectivity index (χ2n) is 11.0. The molecule has 1 aromatic carbocycles. The largest absolute Gasteiger partial charge is 0.481 e. The second kappa shape index (κ2) is 7.70. The molecule has 1 amide bonds. The monoisotopic (exact) mass is 468 g/mol. The molecule has 1 N–H and O–H groups in total. The third-order valence-electron chi connectivity index (χ3n) is 7.92. The number of hydrogen-bond donors (Lipinski definition) is 1. The van der Waals surface area contributed by atoms with Crippen LogP contribution < -0.4 is 10.1 Å². The smallest absolute Gasteiger partial charge is 0.410 e. The summed E-state index contributed by atoms with van der Waals surface area (Å²) in [5.74, 6) is 0.228. The molecule has 1 atom stereocenters. The van der Waals surface area contributed by atoms with Crippen molar-refractivity contribution in [3.8, 4) is 17.0 Å². The van der Waals surface area contributed by atoms with Gasteiger partial charge in [-0.05, 0) is 65.1 Å². The molecular weight excluding hydrogens is 435 g/mol. The Morgan fingerprint density at radius 2 is 2.00 bits per heavy atom. The maximum Gasteiger partial charge on any atom is 0.410 e. The molecule has 7 nitrogen and oxygen atoms in total. The van der Waals surface area contributed by atoms with E-state index in [1.807, 2.05) is 6.07 Å². The first-order valence-corrected chi connectivity index (χ1v) is 12.5. The highest BCUT2D eigenvalue weighted by atomic mass is 19.1. The molecule has 0 unspecified atom stereocenters. The quantitative estimate of drug-likeness (QED) is 0.693. The molecule has 0 bridgehead atoms. The second-order valence-corrected chi connectivity index (χ2v) is 11.0. The standard InChI is InChI=1S/C26H33FN4O3/c1-16-22-23(29-31(16)17-9-12-28-25(2,3)15-17)21-19(27)5-4-6-20(21)34-26(22)10-13-30(14-11-26)24(32)33-18-7-8-18/h4-6,17-18,28H,7-15H2,1-3H3/t17-/m1/s1. The molecule has 6 rings (SSSR count). The molecule has 182 valence electrons. The molecule has 1 saturated carbocycles. The van der Waals surface area contributed by atoms with Crippen molar-refractivity contribution in [3.05, 3.63) is 35.3 Å². The van der Waals surface area contributed by atoms with Crippen molar-refractivity contribution < 1.29 is 18.7 Å². The Morgan fingerprint density at radius 1 is 1.24 bits per heavy atom. The highest BCUT2D eigenvalue weighted by molar-refractivity contribution is 5.75. The number of carbonyl (C=O) groups excluding carboxylic acids is 1. The predicted molar refractivity (Wildman–Crippen MR) is 125 cm³/mol. The summed E-state index contributed by atoms with van der Waals surface area (Å²) in [5.41, 5.74) is 2.57. The minimum Gasteiger partial charge on any atom is -0.481 e. The summed E-state index contributed by atoms with van der Waals surface area (Å²) >= 11 is 0. The van der Waals surface area contributed by atoms with E-state index >= 15 is 4.39 Å². The Labute approximate surface area is 199 Å². The van der Waals surface area contributed by atoms with Crippen LogP contribution in [0, 0.1) is 12.7 Å². The zero-order chi connectivity index (χ0) is 23.7. The van der Waals surface area contributed by atoms with Gasteiger partial charge in [0.05, 0.1) is 11.6 Å². The normalized spacial score (nSPS) is 24.8. The van der Waals surface area contributed by atoms with E-state index < -0.39 is 5.60 Å². The zero-order valence-corrected chi connectivity index (χ0v) is 20.2. The number of aromatic nitrogens is 2. The Morgan fingerprint density at radius 3 is 2.71 bits per heavy atom. The van der Waals surface area contributed by atoms with E-state index in [1.54, 1.807) is 11.0 Å². The fourth-order valence-corrected chi connectivity index (χ4v) is 6.03. The molecule has 34 heavy (non-hydrogen) atoms. The number of fused-ring (bicyclic) bond motifs is 4. The van der Waals surface area contributed by atoms with Crippen molar-refractivity contribution in [2.24, 2.45) is 0 Å². The van der Waals surface area contributed by atoms with E-state index in [0.29, 0.717) is 42.9 Å². The van der Waals surface area contributed by atoms with Crippen LogP contribution in [-0.4, -0.2) is 52.1 Å². The molecule has 3 aliphatic heterocycles. The van der Waals surface area contributed by atoms with Crippen LogP contribution in [-0.2, 0) is 10.3 Å². The molecule has 1 aromatic heterocycles. The minimum atomic E-state index is -0.628. The van der Waals surface area contributed by atoms with Crippen LogP contribution in [0.5, 0.6) is 5.75 Å². The Hall–Kier alpha value is -2.61. The molecular formula is C26H33FN4O3. The SMILES string of the molecule is Cc1c2c(nn1[C@@H]1CCNC(C)(C)C1)-c1c(F)cccc1OC21CCN(C(=O)OC2CC2)CC1. The third kappa shape index (κ3) is 3.58. The van der Waals surface area contributed by atoms with Crippen molar-refractivity contribution in [2.75, 3.05) is 19.6 Å². The fraction of sp³-hybridized carbons (Fsp3) is 0.615. The van der Waals surface area contributed by atoms with E-state index in [2.05, 4.69) is 30.8 Å². The van der Waals surface area contributed by atoms with Crippen LogP contribution in [0.4, 0.5) is 9.18 Å². The first-order chi connectivity index (χ1) is 16.3. The van der Waals surface area contributed by atoms with Crippen molar-refractivity contribution in [2.45, 2.75) is 82.6 Å². The number of benzene rings is 1. The van der Waals surface area contributed by atoms with E-state index in [0.717, 1.165) is 43.5 Å². The number of carbonyl (C=O) groups is 1. The molecule has 2 saturated heterocycles. The first-order valence-electron chi connectivity index (χ1n) is 12.5. The van der Waals surface area contributed by atoms with E-state index in [-0.39, 0.29) is 29.6 Å². The average molecular weight is 469 g/mol. The highest BCUT2D eigenvalue weighted by Crippen LogP contribution is 2.52. The molecule has 1 spiro atoms. The molecule has 1 aliphatic carbocycles. The van der Waals surface area contributed by atoms with Crippen molar-refractivity contribution >= 4 is 6.09 Å². The molecule has 2 aromatic rings. The lowest BCUT2D eigenvalue weighted by molar-refractivity contribution is -0.00720. The Balaban J connectivity index is 1.38. The highest BCUT2D eigenvalue weighted by Gasteiger charge is 2.49. The van der Waals surface area contributed by atoms with Gasteiger partial charge in [0, 0.05) is 42.7 Å². The van der Waals surface area contributed by atoms with Gasteiger partial charge in [-0.15, -0.1) is 0 Å². The van der Waals surface area contributed by atoms with Gasteiger partial charge in [-0.1, -0.05) is 6.07 Å². The lowest BCUT2D eigenvalue weighted by atomic mass is 9.79. The average Bonchev–Trinajstić information content (AvgIpc) is 3.53. The summed E-state index contributed by atoms with van der Waals surface area (Å²) < 4.78 is 29.4. The summed E-state index contributed by atoms with van der Waals surface area (Å²) in [6.45, 7) is 8.53. The lowest BCUT2D eigenvalue weighted by Crippen LogP contribution is -2.49. The van der Waals surface area contributed by atoms with Gasteiger partial charge in [0.2, 0.25) is 0 Å². The van der Waals surface area contributed by atoms with Gasteiger partial charge in [0.25, 0.3) is 0 Å². The van der Waals surface area contributed by atoms with Gasteiger partial charge in [0.1, 0.15) is 29.0 Å². The van der Waals surface area contributed by atoms with Gasteiger partial charge in [0.15, 0.2) is 0 Å². The molecule has 3 fully saturated rings. The molecule has 4 aliphatic rings. The fourth-order valence-electron chi connectivity index (χ4n) is 6.03. The summed E-state index contributed by atoms with van der Waals surface area (Å²) in [5, 5.41) is 8.64. The zero-order valence-electron chi connectivity index (χ0n) is 20.2. The summed E-state index contributed by atoms with van der Waals surface area (Å²) in [7, 11) is 0. The van der Waals surface area contributed by atoms with Crippen LogP contribution in [0.1, 0.15) is 69.7 Å². The first kappa shape index (κ1) is 21.9. The number of piperidine rings is 2. The van der Waals surface area contributed by atoms with E-state index in [9.17, 15) is 4.79 Å². The number of rotatable bonds is 2. The number of halogens is 1. The predicted octanol–water partition coefficient (Wildman–Crippen LogP) is 4.68. The maximum absolute atomic E-state index is 15.1. The van der Waals surface area contributed by atoms with Crippen LogP contribution in [0.25, 0.3) is 11.3 Å². The van der Waals surface area contributed by atoms with E-state index in [4.69, 9.17) is 14.6 Å². The van der Waals surface area contributed by atoms with Gasteiger partial charge >= 0.3 is 6.09 Å². The minimum absolute atomic E-state index is 0.0203. The summed E-state index contributed by atoms with van der Waals surface area (Å²) in [6.07, 6.45) is 4.96. The van der Waals surface area contributed by atoms with E-state index in [1.165, 1.54) is 6.07 Å². The van der Waals surface area contributed by atoms with Gasteiger partial charge < -0.3 is 19.7 Å². The molecule has 4 heterocycles. The Bertz CT molecular complexity index is 1130. The lowest BCUT2D eigenvalue weighted by Gasteiger charge is -2.44. The van der Waals surface area contributed by atoms with Crippen molar-refractivity contribution in [3.63, 3.8) is 0 Å².